The van der Waals surface area contributed by atoms with Crippen molar-refractivity contribution in [3.05, 3.63) is 24.0 Å². The topological polar surface area (TPSA) is 50.2 Å². The third kappa shape index (κ3) is 5.20. The van der Waals surface area contributed by atoms with Gasteiger partial charge in [-0.2, -0.15) is 5.10 Å². The average Bonchev–Trinajstić information content (AvgIpc) is 2.88. The molecule has 1 N–H and O–H groups in total. The maximum atomic E-state index is 12.0. The second-order valence-corrected chi connectivity index (χ2v) is 7.66. The predicted octanol–water partition coefficient (Wildman–Crippen LogP) is 2.31. The highest BCUT2D eigenvalue weighted by molar-refractivity contribution is 5.91. The van der Waals surface area contributed by atoms with E-state index in [0.717, 1.165) is 30.5 Å². The van der Waals surface area contributed by atoms with Gasteiger partial charge in [0.25, 0.3) is 0 Å². The molecule has 5 heteroatoms. The number of piperidine rings is 1. The third-order valence-electron chi connectivity index (χ3n) is 4.57. The van der Waals surface area contributed by atoms with Gasteiger partial charge in [-0.1, -0.05) is 13.8 Å². The molecule has 1 amide bonds. The summed E-state index contributed by atoms with van der Waals surface area (Å²) >= 11 is 0. The third-order valence-corrected chi connectivity index (χ3v) is 4.57. The lowest BCUT2D eigenvalue weighted by molar-refractivity contribution is -0.117. The van der Waals surface area contributed by atoms with E-state index >= 15 is 0 Å². The summed E-state index contributed by atoms with van der Waals surface area (Å²) < 4.78 is 1.72. The standard InChI is InChI=1S/C18H30N4O/c1-14-8-15(2)11-22(10-14)18(3,4)13-19-17(23)7-6-16-9-20-21(5)12-16/h6-7,9,12,14-15H,8,10-11,13H2,1-5H3,(H,19,23)/b7-6+/t14-,15-/m1/s1. The zero-order chi connectivity index (χ0) is 17.0. The van der Waals surface area contributed by atoms with Gasteiger partial charge in [0.1, 0.15) is 0 Å². The van der Waals surface area contributed by atoms with E-state index in [4.69, 9.17) is 0 Å². The van der Waals surface area contributed by atoms with Crippen molar-refractivity contribution in [3.8, 4) is 0 Å². The first kappa shape index (κ1) is 17.7. The average molecular weight is 318 g/mol. The van der Waals surface area contributed by atoms with Crippen molar-refractivity contribution in [2.75, 3.05) is 19.6 Å². The molecule has 0 radical (unpaired) electrons. The molecule has 1 aliphatic rings. The van der Waals surface area contributed by atoms with Crippen LogP contribution >= 0.6 is 0 Å². The molecule has 128 valence electrons. The van der Waals surface area contributed by atoms with Crippen LogP contribution in [0.2, 0.25) is 0 Å². The van der Waals surface area contributed by atoms with Crippen molar-refractivity contribution in [2.45, 2.75) is 39.7 Å². The fraction of sp³-hybridized carbons (Fsp3) is 0.667. The molecule has 1 aromatic rings. The number of amides is 1. The Bertz CT molecular complexity index is 551. The van der Waals surface area contributed by atoms with Crippen molar-refractivity contribution in [1.82, 2.24) is 20.0 Å². The van der Waals surface area contributed by atoms with Crippen LogP contribution < -0.4 is 5.32 Å². The molecule has 5 nitrogen and oxygen atoms in total. The van der Waals surface area contributed by atoms with Gasteiger partial charge in [-0.05, 0) is 38.2 Å². The van der Waals surface area contributed by atoms with Crippen molar-refractivity contribution < 1.29 is 4.79 Å². The minimum atomic E-state index is -0.0555. The SMILES string of the molecule is C[C@@H]1C[C@@H](C)CN(C(C)(C)CNC(=O)/C=C/c2cnn(C)c2)C1. The van der Waals surface area contributed by atoms with Gasteiger partial charge in [0.15, 0.2) is 0 Å². The molecule has 1 aromatic heterocycles. The maximum absolute atomic E-state index is 12.0. The van der Waals surface area contributed by atoms with E-state index in [1.807, 2.05) is 13.2 Å². The summed E-state index contributed by atoms with van der Waals surface area (Å²) in [6.07, 6.45) is 8.29. The van der Waals surface area contributed by atoms with E-state index in [1.54, 1.807) is 23.0 Å². The van der Waals surface area contributed by atoms with Crippen LogP contribution in [-0.2, 0) is 11.8 Å². The van der Waals surface area contributed by atoms with Crippen LogP contribution in [-0.4, -0.2) is 45.8 Å². The van der Waals surface area contributed by atoms with Crippen LogP contribution in [0.5, 0.6) is 0 Å². The Morgan fingerprint density at radius 1 is 1.39 bits per heavy atom. The quantitative estimate of drug-likeness (QED) is 0.848. The highest BCUT2D eigenvalue weighted by atomic mass is 16.1. The second-order valence-electron chi connectivity index (χ2n) is 7.66. The minimum absolute atomic E-state index is 0.0270. The van der Waals surface area contributed by atoms with Gasteiger partial charge < -0.3 is 5.32 Å². The van der Waals surface area contributed by atoms with Gasteiger partial charge in [0.05, 0.1) is 6.20 Å². The minimum Gasteiger partial charge on any atom is -0.351 e. The monoisotopic (exact) mass is 318 g/mol. The summed E-state index contributed by atoms with van der Waals surface area (Å²) in [4.78, 5) is 14.5. The molecule has 23 heavy (non-hydrogen) atoms. The van der Waals surface area contributed by atoms with Crippen molar-refractivity contribution >= 4 is 12.0 Å². The zero-order valence-electron chi connectivity index (χ0n) is 15.0. The summed E-state index contributed by atoms with van der Waals surface area (Å²) in [5.41, 5.74) is 0.904. The maximum Gasteiger partial charge on any atom is 0.244 e. The molecule has 0 saturated carbocycles. The van der Waals surface area contributed by atoms with Crippen molar-refractivity contribution in [3.63, 3.8) is 0 Å². The molecule has 1 fully saturated rings. The Labute approximate surface area is 139 Å². The molecule has 1 saturated heterocycles. The lowest BCUT2D eigenvalue weighted by Gasteiger charge is -2.45. The molecule has 0 bridgehead atoms. The van der Waals surface area contributed by atoms with Gasteiger partial charge in [-0.15, -0.1) is 0 Å². The first-order valence-corrected chi connectivity index (χ1v) is 8.46. The highest BCUT2D eigenvalue weighted by Gasteiger charge is 2.32. The number of likely N-dealkylation sites (tertiary alicyclic amines) is 1. The van der Waals surface area contributed by atoms with Crippen LogP contribution in [0.25, 0.3) is 6.08 Å². The first-order chi connectivity index (χ1) is 10.8. The van der Waals surface area contributed by atoms with Gasteiger partial charge in [0.2, 0.25) is 5.91 Å². The predicted molar refractivity (Wildman–Crippen MR) is 93.8 cm³/mol. The summed E-state index contributed by atoms with van der Waals surface area (Å²) in [7, 11) is 1.86. The van der Waals surface area contributed by atoms with E-state index in [1.165, 1.54) is 6.42 Å². The Kier molecular flexibility index (Phi) is 5.63. The normalized spacial score (nSPS) is 23.3. The Morgan fingerprint density at radius 3 is 2.61 bits per heavy atom. The number of nitrogens with one attached hydrogen (secondary N) is 1. The Hall–Kier alpha value is -1.62. The number of rotatable bonds is 5. The first-order valence-electron chi connectivity index (χ1n) is 8.46. The molecular weight excluding hydrogens is 288 g/mol. The fourth-order valence-electron chi connectivity index (χ4n) is 3.33. The lowest BCUT2D eigenvalue weighted by Crippen LogP contribution is -2.56. The number of carbonyl (C=O) groups is 1. The molecule has 0 spiro atoms. The largest absolute Gasteiger partial charge is 0.351 e. The van der Waals surface area contributed by atoms with Gasteiger partial charge in [-0.25, -0.2) is 0 Å². The Balaban J connectivity index is 1.85. The number of carbonyl (C=O) groups excluding carboxylic acids is 1. The molecular formula is C18H30N4O. The van der Waals surface area contributed by atoms with Crippen LogP contribution in [0, 0.1) is 11.8 Å². The van der Waals surface area contributed by atoms with Crippen LogP contribution in [0.3, 0.4) is 0 Å². The molecule has 2 atom stereocenters. The van der Waals surface area contributed by atoms with E-state index in [-0.39, 0.29) is 11.4 Å². The molecule has 2 rings (SSSR count). The van der Waals surface area contributed by atoms with Gasteiger partial charge >= 0.3 is 0 Å². The van der Waals surface area contributed by atoms with Crippen LogP contribution in [0.4, 0.5) is 0 Å². The lowest BCUT2D eigenvalue weighted by atomic mass is 9.88. The molecule has 0 aliphatic carbocycles. The zero-order valence-corrected chi connectivity index (χ0v) is 15.0. The number of nitrogens with zero attached hydrogens (tertiary/aromatic N) is 3. The van der Waals surface area contributed by atoms with Crippen molar-refractivity contribution in [1.29, 1.82) is 0 Å². The van der Waals surface area contributed by atoms with Crippen LogP contribution in [0.15, 0.2) is 18.5 Å². The van der Waals surface area contributed by atoms with E-state index < -0.39 is 0 Å². The van der Waals surface area contributed by atoms with E-state index in [9.17, 15) is 4.79 Å². The molecule has 0 aromatic carbocycles. The highest BCUT2D eigenvalue weighted by Crippen LogP contribution is 2.26. The van der Waals surface area contributed by atoms with E-state index in [2.05, 4.69) is 43.0 Å². The van der Waals surface area contributed by atoms with Crippen molar-refractivity contribution in [2.24, 2.45) is 18.9 Å². The number of hydrogen-bond acceptors (Lipinski definition) is 3. The smallest absolute Gasteiger partial charge is 0.244 e. The number of aryl methyl sites for hydroxylation is 1. The summed E-state index contributed by atoms with van der Waals surface area (Å²) in [6, 6.07) is 0. The summed E-state index contributed by atoms with van der Waals surface area (Å²) in [6.45, 7) is 11.9. The number of aromatic nitrogens is 2. The summed E-state index contributed by atoms with van der Waals surface area (Å²) in [5, 5.41) is 7.11. The molecule has 2 heterocycles. The van der Waals surface area contributed by atoms with E-state index in [0.29, 0.717) is 6.54 Å². The second kappa shape index (κ2) is 7.30. The fourth-order valence-corrected chi connectivity index (χ4v) is 3.33. The van der Waals surface area contributed by atoms with Crippen LogP contribution in [0.1, 0.15) is 39.7 Å². The number of hydrogen-bond donors (Lipinski definition) is 1. The molecule has 1 aliphatic heterocycles. The Morgan fingerprint density at radius 2 is 2.04 bits per heavy atom. The van der Waals surface area contributed by atoms with Gasteiger partial charge in [-0.3, -0.25) is 14.4 Å². The van der Waals surface area contributed by atoms with Gasteiger partial charge in [0, 0.05) is 50.1 Å². The summed E-state index contributed by atoms with van der Waals surface area (Å²) in [5.74, 6) is 1.39. The molecule has 0 unspecified atom stereocenters.